The predicted molar refractivity (Wildman–Crippen MR) is 113 cm³/mol. The van der Waals surface area contributed by atoms with Gasteiger partial charge in [0.1, 0.15) is 25.9 Å². The second-order valence-electron chi connectivity index (χ2n) is 8.49. The van der Waals surface area contributed by atoms with E-state index in [-0.39, 0.29) is 13.2 Å². The summed E-state index contributed by atoms with van der Waals surface area (Å²) in [5, 5.41) is 9.30. The molecular formula is C20H43NO7P+. The molecule has 0 saturated carbocycles. The number of quaternary nitrogens is 1. The maximum Gasteiger partial charge on any atom is 0.472 e. The van der Waals surface area contributed by atoms with Crippen molar-refractivity contribution in [2.24, 2.45) is 0 Å². The number of hydrogen-bond donors (Lipinski definition) is 2. The molecule has 0 aromatic carbocycles. The van der Waals surface area contributed by atoms with Crippen molar-refractivity contribution >= 4 is 13.8 Å². The van der Waals surface area contributed by atoms with Crippen molar-refractivity contribution in [3.63, 3.8) is 0 Å². The van der Waals surface area contributed by atoms with Crippen molar-refractivity contribution in [1.82, 2.24) is 0 Å². The number of likely N-dealkylation sites (N-methyl/N-ethyl adjacent to an activating group) is 1. The van der Waals surface area contributed by atoms with Gasteiger partial charge in [-0.15, -0.1) is 0 Å². The molecule has 0 saturated heterocycles. The van der Waals surface area contributed by atoms with Crippen molar-refractivity contribution in [2.45, 2.75) is 77.2 Å². The molecule has 0 spiro atoms. The number of carbonyl (C=O) groups excluding carboxylic acids is 1. The summed E-state index contributed by atoms with van der Waals surface area (Å²) < 4.78 is 27.4. The highest BCUT2D eigenvalue weighted by Crippen LogP contribution is 2.44. The number of rotatable bonds is 19. The minimum atomic E-state index is -4.32. The lowest BCUT2D eigenvalue weighted by atomic mass is 10.1. The molecule has 0 aromatic heterocycles. The van der Waals surface area contributed by atoms with Gasteiger partial charge in [0.2, 0.25) is 0 Å². The fourth-order valence-electron chi connectivity index (χ4n) is 2.60. The summed E-state index contributed by atoms with van der Waals surface area (Å²) in [4.78, 5) is 21.5. The number of hydrogen-bond acceptors (Lipinski definition) is 6. The Morgan fingerprint density at radius 3 is 2.07 bits per heavy atom. The van der Waals surface area contributed by atoms with Crippen LogP contribution in [0.5, 0.6) is 0 Å². The Morgan fingerprint density at radius 1 is 1.00 bits per heavy atom. The fraction of sp³-hybridized carbons (Fsp3) is 0.950. The van der Waals surface area contributed by atoms with Gasteiger partial charge in [-0.05, 0) is 6.42 Å². The van der Waals surface area contributed by atoms with Crippen molar-refractivity contribution in [3.05, 3.63) is 0 Å². The highest BCUT2D eigenvalue weighted by Gasteiger charge is 2.28. The Labute approximate surface area is 176 Å². The quantitative estimate of drug-likeness (QED) is 0.137. The third-order valence-electron chi connectivity index (χ3n) is 4.42. The molecule has 0 fully saturated rings. The molecule has 8 nitrogen and oxygen atoms in total. The molecule has 0 radical (unpaired) electrons. The average molecular weight is 441 g/mol. The number of carbonyl (C=O) groups is 1. The van der Waals surface area contributed by atoms with E-state index in [1.165, 1.54) is 38.5 Å². The van der Waals surface area contributed by atoms with Gasteiger partial charge in [-0.25, -0.2) is 4.57 Å². The van der Waals surface area contributed by atoms with Gasteiger partial charge in [-0.2, -0.15) is 0 Å². The molecule has 29 heavy (non-hydrogen) atoms. The summed E-state index contributed by atoms with van der Waals surface area (Å²) in [7, 11) is 1.46. The van der Waals surface area contributed by atoms with Crippen molar-refractivity contribution in [1.29, 1.82) is 0 Å². The average Bonchev–Trinajstić information content (AvgIpc) is 2.62. The number of ether oxygens (including phenoxy) is 1. The van der Waals surface area contributed by atoms with Crippen LogP contribution in [0.4, 0.5) is 0 Å². The molecule has 0 amide bonds. The monoisotopic (exact) mass is 440 g/mol. The Hall–Kier alpha value is -0.500. The maximum atomic E-state index is 11.9. The number of aliphatic hydroxyl groups excluding tert-OH is 1. The van der Waals surface area contributed by atoms with Gasteiger partial charge in [0.25, 0.3) is 0 Å². The van der Waals surface area contributed by atoms with Gasteiger partial charge in [0.15, 0.2) is 0 Å². The van der Waals surface area contributed by atoms with Gasteiger partial charge >= 0.3 is 13.8 Å². The number of nitrogens with zero attached hydrogens (tertiary/aromatic N) is 1. The van der Waals surface area contributed by atoms with E-state index in [1.807, 2.05) is 21.1 Å². The van der Waals surface area contributed by atoms with Crippen LogP contribution in [0.1, 0.15) is 71.1 Å². The number of unbranched alkanes of at least 4 members (excludes halogenated alkanes) is 8. The number of phosphoric acid groups is 1. The van der Waals surface area contributed by atoms with Crippen LogP contribution in [0, 0.1) is 0 Å². The molecule has 0 aliphatic carbocycles. The van der Waals surface area contributed by atoms with Crippen molar-refractivity contribution in [3.8, 4) is 0 Å². The first kappa shape index (κ1) is 28.5. The molecule has 1 unspecified atom stereocenters. The third-order valence-corrected chi connectivity index (χ3v) is 5.49. The van der Waals surface area contributed by atoms with E-state index in [4.69, 9.17) is 13.8 Å². The normalized spacial score (nSPS) is 15.1. The summed E-state index contributed by atoms with van der Waals surface area (Å²) >= 11 is 0. The van der Waals surface area contributed by atoms with Crippen LogP contribution >= 0.6 is 7.82 Å². The van der Waals surface area contributed by atoms with Gasteiger partial charge < -0.3 is 19.2 Å². The lowest BCUT2D eigenvalue weighted by Crippen LogP contribution is -2.37. The molecule has 0 aliphatic heterocycles. The molecule has 0 bridgehead atoms. The van der Waals surface area contributed by atoms with Gasteiger partial charge in [-0.3, -0.25) is 13.8 Å². The van der Waals surface area contributed by atoms with Crippen LogP contribution in [0.25, 0.3) is 0 Å². The van der Waals surface area contributed by atoms with Crippen LogP contribution < -0.4 is 0 Å². The highest BCUT2D eigenvalue weighted by molar-refractivity contribution is 7.47. The molecule has 0 heterocycles. The third kappa shape index (κ3) is 19.2. The van der Waals surface area contributed by atoms with Crippen molar-refractivity contribution in [2.75, 3.05) is 47.5 Å². The standard InChI is InChI=1S/C20H42NO7P/c1-5-6-7-8-9-10-11-12-13-14-20(23)26-18-19(17-22)28-29(24,25)27-16-15-21(2,3)4/h19,22H,5-18H2,1-4H3/p+1/t19-/m0/s1. The van der Waals surface area contributed by atoms with E-state index >= 15 is 0 Å². The smallest absolute Gasteiger partial charge is 0.463 e. The van der Waals surface area contributed by atoms with Crippen LogP contribution in [0.3, 0.4) is 0 Å². The Kier molecular flexibility index (Phi) is 15.9. The summed E-state index contributed by atoms with van der Waals surface area (Å²) in [5.74, 6) is -0.395. The number of esters is 1. The highest BCUT2D eigenvalue weighted by atomic mass is 31.2. The van der Waals surface area contributed by atoms with Crippen LogP contribution in [-0.4, -0.2) is 74.1 Å². The largest absolute Gasteiger partial charge is 0.472 e. The molecule has 174 valence electrons. The zero-order valence-electron chi connectivity index (χ0n) is 18.8. The molecule has 2 atom stereocenters. The molecule has 9 heteroatoms. The second kappa shape index (κ2) is 16.2. The first-order valence-corrected chi connectivity index (χ1v) is 12.3. The zero-order valence-corrected chi connectivity index (χ0v) is 19.7. The summed E-state index contributed by atoms with van der Waals surface area (Å²) in [6.07, 6.45) is 9.64. The van der Waals surface area contributed by atoms with E-state index in [0.717, 1.165) is 19.3 Å². The lowest BCUT2D eigenvalue weighted by molar-refractivity contribution is -0.870. The number of phosphoric ester groups is 1. The molecule has 2 N–H and O–H groups in total. The molecule has 0 aromatic rings. The summed E-state index contributed by atoms with van der Waals surface area (Å²) in [5.41, 5.74) is 0. The molecular weight excluding hydrogens is 397 g/mol. The summed E-state index contributed by atoms with van der Waals surface area (Å²) in [6.45, 7) is 1.93. The first-order valence-electron chi connectivity index (χ1n) is 10.8. The van der Waals surface area contributed by atoms with E-state index in [2.05, 4.69) is 6.92 Å². The number of aliphatic hydroxyl groups is 1. The van der Waals surface area contributed by atoms with Crippen LogP contribution in [-0.2, 0) is 23.1 Å². The minimum Gasteiger partial charge on any atom is -0.463 e. The van der Waals surface area contributed by atoms with Gasteiger partial charge in [-0.1, -0.05) is 58.3 Å². The molecule has 0 rings (SSSR count). The van der Waals surface area contributed by atoms with Gasteiger partial charge in [0, 0.05) is 6.42 Å². The van der Waals surface area contributed by atoms with Gasteiger partial charge in [0.05, 0.1) is 27.7 Å². The van der Waals surface area contributed by atoms with Crippen LogP contribution in [0.2, 0.25) is 0 Å². The SMILES string of the molecule is CCCCCCCCCCCC(=O)OC[C@H](CO)OP(=O)(O)OCC[N+](C)(C)C. The Balaban J connectivity index is 3.88. The Bertz CT molecular complexity index is 468. The minimum absolute atomic E-state index is 0.0355. The van der Waals surface area contributed by atoms with E-state index in [0.29, 0.717) is 17.4 Å². The second-order valence-corrected chi connectivity index (χ2v) is 9.89. The predicted octanol–water partition coefficient (Wildman–Crippen LogP) is 3.65. The first-order chi connectivity index (χ1) is 13.6. The zero-order chi connectivity index (χ0) is 22.2. The van der Waals surface area contributed by atoms with Crippen molar-refractivity contribution < 1.29 is 37.6 Å². The topological polar surface area (TPSA) is 102 Å². The van der Waals surface area contributed by atoms with E-state index < -0.39 is 26.5 Å². The fourth-order valence-corrected chi connectivity index (χ4v) is 3.48. The van der Waals surface area contributed by atoms with Crippen LogP contribution in [0.15, 0.2) is 0 Å². The molecule has 0 aliphatic rings. The maximum absolute atomic E-state index is 11.9. The summed E-state index contributed by atoms with van der Waals surface area (Å²) in [6, 6.07) is 0. The Morgan fingerprint density at radius 2 is 1.55 bits per heavy atom. The van der Waals surface area contributed by atoms with E-state index in [9.17, 15) is 19.4 Å². The van der Waals surface area contributed by atoms with E-state index in [1.54, 1.807) is 0 Å². The lowest BCUT2D eigenvalue weighted by Gasteiger charge is -2.24.